The van der Waals surface area contributed by atoms with Gasteiger partial charge in [0.25, 0.3) is 10.1 Å². The molecule has 24 heavy (non-hydrogen) atoms. The molecule has 4 aromatic carbocycles. The fourth-order valence-corrected chi connectivity index (χ4v) is 4.34. The Balaban J connectivity index is 0.00000113. The molecule has 0 amide bonds. The van der Waals surface area contributed by atoms with Crippen molar-refractivity contribution in [1.82, 2.24) is 0 Å². The first kappa shape index (κ1) is 17.7. The second-order valence-electron chi connectivity index (χ2n) is 5.39. The van der Waals surface area contributed by atoms with E-state index in [2.05, 4.69) is 0 Å². The van der Waals surface area contributed by atoms with Crippen molar-refractivity contribution in [2.75, 3.05) is 0 Å². The van der Waals surface area contributed by atoms with Gasteiger partial charge in [-0.3, -0.25) is 4.55 Å². The summed E-state index contributed by atoms with van der Waals surface area (Å²) in [6.07, 6.45) is 0. The van der Waals surface area contributed by atoms with Gasteiger partial charge in [0.1, 0.15) is 4.90 Å². The second-order valence-corrected chi connectivity index (χ2v) is 7.16. The van der Waals surface area contributed by atoms with Crippen LogP contribution in [0.2, 0.25) is 5.02 Å². The zero-order valence-corrected chi connectivity index (χ0v) is 16.4. The smallest absolute Gasteiger partial charge is 1.00 e. The van der Waals surface area contributed by atoms with Crippen LogP contribution in [0.15, 0.2) is 65.6 Å². The first-order valence-corrected chi connectivity index (χ1v) is 8.79. The largest absolute Gasteiger partial charge is 1.00 e. The van der Waals surface area contributed by atoms with Gasteiger partial charge >= 0.3 is 29.6 Å². The number of rotatable bonds is 1. The summed E-state index contributed by atoms with van der Waals surface area (Å²) in [6, 6.07) is 18.8. The van der Waals surface area contributed by atoms with Gasteiger partial charge in [-0.2, -0.15) is 8.42 Å². The molecule has 116 valence electrons. The second kappa shape index (κ2) is 6.30. The molecule has 4 rings (SSSR count). The minimum absolute atomic E-state index is 0. The topological polar surface area (TPSA) is 54.4 Å². The molecule has 0 atom stereocenters. The summed E-state index contributed by atoms with van der Waals surface area (Å²) in [5.41, 5.74) is 0. The van der Waals surface area contributed by atoms with Crippen LogP contribution in [-0.2, 0) is 10.1 Å². The molecule has 3 nitrogen and oxygen atoms in total. The van der Waals surface area contributed by atoms with Crippen molar-refractivity contribution in [2.45, 2.75) is 4.90 Å². The van der Waals surface area contributed by atoms with E-state index in [4.69, 9.17) is 11.6 Å². The summed E-state index contributed by atoms with van der Waals surface area (Å²) in [6.45, 7) is 0. The molecular weight excluding hydrogens is 355 g/mol. The standard InChI is InChI=1S/C18H11ClO3S.Na.H/c19-17-10-9-15-14-6-5-11-3-1-2-4-12(11)13(14)7-8-16(15)18(17)23(20,21)22;;/h1-10H,(H,20,21,22);;/q;+1;-1. The summed E-state index contributed by atoms with van der Waals surface area (Å²) in [5, 5.41) is 5.33. The molecule has 6 heteroatoms. The van der Waals surface area contributed by atoms with Crippen molar-refractivity contribution < 1.29 is 44.0 Å². The van der Waals surface area contributed by atoms with Crippen LogP contribution in [0.4, 0.5) is 0 Å². The normalized spacial score (nSPS) is 11.8. The van der Waals surface area contributed by atoms with E-state index >= 15 is 0 Å². The molecule has 0 unspecified atom stereocenters. The third-order valence-corrected chi connectivity index (χ3v) is 5.47. The third-order valence-electron chi connectivity index (χ3n) is 4.08. The van der Waals surface area contributed by atoms with E-state index in [-0.39, 0.29) is 40.9 Å². The molecule has 0 heterocycles. The summed E-state index contributed by atoms with van der Waals surface area (Å²) in [5.74, 6) is 0. The summed E-state index contributed by atoms with van der Waals surface area (Å²) in [4.78, 5) is -0.244. The van der Waals surface area contributed by atoms with Crippen molar-refractivity contribution in [1.29, 1.82) is 0 Å². The summed E-state index contributed by atoms with van der Waals surface area (Å²) < 4.78 is 32.9. The summed E-state index contributed by atoms with van der Waals surface area (Å²) >= 11 is 5.99. The van der Waals surface area contributed by atoms with Crippen molar-refractivity contribution in [3.8, 4) is 0 Å². The van der Waals surface area contributed by atoms with Crippen molar-refractivity contribution in [3.63, 3.8) is 0 Å². The first-order chi connectivity index (χ1) is 11.0. The Kier molecular flexibility index (Phi) is 4.64. The van der Waals surface area contributed by atoms with E-state index in [1.54, 1.807) is 12.1 Å². The molecule has 0 saturated heterocycles. The molecule has 0 bridgehead atoms. The molecule has 0 aromatic heterocycles. The van der Waals surface area contributed by atoms with Crippen LogP contribution in [-0.4, -0.2) is 13.0 Å². The van der Waals surface area contributed by atoms with Gasteiger partial charge in [-0.25, -0.2) is 0 Å². The van der Waals surface area contributed by atoms with E-state index in [1.165, 1.54) is 6.07 Å². The maximum Gasteiger partial charge on any atom is 1.00 e. The van der Waals surface area contributed by atoms with Gasteiger partial charge in [0.15, 0.2) is 0 Å². The van der Waals surface area contributed by atoms with Gasteiger partial charge in [0.05, 0.1) is 5.02 Å². The van der Waals surface area contributed by atoms with Crippen LogP contribution >= 0.6 is 11.6 Å². The van der Waals surface area contributed by atoms with E-state index in [1.807, 2.05) is 42.5 Å². The van der Waals surface area contributed by atoms with Crippen LogP contribution in [0.5, 0.6) is 0 Å². The first-order valence-electron chi connectivity index (χ1n) is 6.97. The van der Waals surface area contributed by atoms with Crippen LogP contribution < -0.4 is 29.6 Å². The predicted octanol–water partition coefficient (Wildman–Crippen LogP) is 2.16. The van der Waals surface area contributed by atoms with E-state index in [0.717, 1.165) is 26.9 Å². The number of benzene rings is 4. The molecule has 1 N–H and O–H groups in total. The Labute approximate surface area is 167 Å². The third kappa shape index (κ3) is 2.73. The van der Waals surface area contributed by atoms with E-state index in [9.17, 15) is 13.0 Å². The van der Waals surface area contributed by atoms with Gasteiger partial charge in [-0.05, 0) is 33.0 Å². The quantitative estimate of drug-likeness (QED) is 0.319. The Morgan fingerprint density at radius 3 is 2.04 bits per heavy atom. The molecule has 0 fully saturated rings. The zero-order chi connectivity index (χ0) is 16.2. The van der Waals surface area contributed by atoms with Crippen molar-refractivity contribution in [2.24, 2.45) is 0 Å². The average Bonchev–Trinajstić information content (AvgIpc) is 2.52. The Morgan fingerprint density at radius 1 is 0.750 bits per heavy atom. The fraction of sp³-hybridized carbons (Fsp3) is 0. The van der Waals surface area contributed by atoms with Crippen molar-refractivity contribution >= 4 is 54.0 Å². The number of fused-ring (bicyclic) bond motifs is 5. The number of halogens is 1. The molecule has 0 radical (unpaired) electrons. The monoisotopic (exact) mass is 366 g/mol. The molecular formula is C18H12ClNaO3S. The molecule has 0 saturated carbocycles. The van der Waals surface area contributed by atoms with Gasteiger partial charge in [-0.15, -0.1) is 0 Å². The minimum Gasteiger partial charge on any atom is -1.00 e. The maximum atomic E-state index is 11.7. The van der Waals surface area contributed by atoms with Gasteiger partial charge in [0, 0.05) is 5.39 Å². The molecule has 0 aliphatic carbocycles. The van der Waals surface area contributed by atoms with Crippen LogP contribution in [0.25, 0.3) is 32.3 Å². The number of hydrogen-bond donors (Lipinski definition) is 1. The fourth-order valence-electron chi connectivity index (χ4n) is 3.11. The molecule has 0 aliphatic heterocycles. The number of hydrogen-bond acceptors (Lipinski definition) is 2. The van der Waals surface area contributed by atoms with E-state index in [0.29, 0.717) is 5.39 Å². The SMILES string of the molecule is O=S(=O)(O)c1c(Cl)ccc2c1ccc1c3ccccc3ccc21.[H-].[Na+]. The van der Waals surface area contributed by atoms with Gasteiger partial charge < -0.3 is 1.43 Å². The van der Waals surface area contributed by atoms with Gasteiger partial charge in [0.2, 0.25) is 0 Å². The molecule has 0 aliphatic rings. The van der Waals surface area contributed by atoms with Crippen LogP contribution in [0.1, 0.15) is 1.43 Å². The summed E-state index contributed by atoms with van der Waals surface area (Å²) in [7, 11) is -4.40. The average molecular weight is 367 g/mol. The van der Waals surface area contributed by atoms with Crippen LogP contribution in [0, 0.1) is 0 Å². The van der Waals surface area contributed by atoms with Crippen LogP contribution in [0.3, 0.4) is 0 Å². The molecule has 4 aromatic rings. The minimum atomic E-state index is -4.40. The Morgan fingerprint density at radius 2 is 1.29 bits per heavy atom. The van der Waals surface area contributed by atoms with E-state index < -0.39 is 10.1 Å². The zero-order valence-electron chi connectivity index (χ0n) is 13.8. The maximum absolute atomic E-state index is 11.7. The predicted molar refractivity (Wildman–Crippen MR) is 94.9 cm³/mol. The van der Waals surface area contributed by atoms with Crippen molar-refractivity contribution in [3.05, 3.63) is 65.7 Å². The molecule has 0 spiro atoms. The Hall–Kier alpha value is -1.14. The van der Waals surface area contributed by atoms with Gasteiger partial charge in [-0.1, -0.05) is 66.2 Å². The Bertz CT molecular complexity index is 1210.